The van der Waals surface area contributed by atoms with E-state index in [-0.39, 0.29) is 0 Å². The average molecular weight is 261 g/mol. The molecular formula is C14H23N5. The lowest BCUT2D eigenvalue weighted by Gasteiger charge is -2.08. The molecule has 2 aromatic rings. The van der Waals surface area contributed by atoms with E-state index in [9.17, 15) is 0 Å². The molecule has 0 saturated heterocycles. The normalized spacial score (nSPS) is 11.4. The standard InChI is InChI=1S/C14H23N5/c1-11(2)16-9-13-10-17-19(12(13)3)7-5-14-15-6-8-18(14)4/h6,8,10-11,16H,5,7,9H2,1-4H3. The second kappa shape index (κ2) is 6.02. The molecule has 0 aliphatic rings. The fraction of sp³-hybridized carbons (Fsp3) is 0.571. The molecule has 2 rings (SSSR count). The Balaban J connectivity index is 1.96. The van der Waals surface area contributed by atoms with Crippen molar-refractivity contribution in [1.29, 1.82) is 0 Å². The quantitative estimate of drug-likeness (QED) is 0.860. The number of nitrogens with zero attached hydrogens (tertiary/aromatic N) is 4. The molecule has 104 valence electrons. The summed E-state index contributed by atoms with van der Waals surface area (Å²) in [7, 11) is 2.02. The van der Waals surface area contributed by atoms with E-state index >= 15 is 0 Å². The summed E-state index contributed by atoms with van der Waals surface area (Å²) in [6.45, 7) is 8.19. The number of hydrogen-bond acceptors (Lipinski definition) is 3. The highest BCUT2D eigenvalue weighted by molar-refractivity contribution is 5.16. The van der Waals surface area contributed by atoms with E-state index < -0.39 is 0 Å². The van der Waals surface area contributed by atoms with Gasteiger partial charge < -0.3 is 9.88 Å². The molecule has 0 amide bonds. The molecule has 5 heteroatoms. The Labute approximate surface area is 114 Å². The Bertz CT molecular complexity index is 524. The molecule has 0 atom stereocenters. The second-order valence-corrected chi connectivity index (χ2v) is 5.22. The van der Waals surface area contributed by atoms with Crippen LogP contribution in [0.3, 0.4) is 0 Å². The van der Waals surface area contributed by atoms with Crippen molar-refractivity contribution in [1.82, 2.24) is 24.6 Å². The predicted octanol–water partition coefficient (Wildman–Crippen LogP) is 1.67. The van der Waals surface area contributed by atoms with Crippen molar-refractivity contribution in [3.8, 4) is 0 Å². The first-order valence-corrected chi connectivity index (χ1v) is 6.78. The van der Waals surface area contributed by atoms with E-state index in [0.29, 0.717) is 6.04 Å². The molecule has 0 radical (unpaired) electrons. The van der Waals surface area contributed by atoms with Gasteiger partial charge in [-0.05, 0) is 6.92 Å². The van der Waals surface area contributed by atoms with Gasteiger partial charge in [-0.15, -0.1) is 0 Å². The summed E-state index contributed by atoms with van der Waals surface area (Å²) in [4.78, 5) is 4.34. The van der Waals surface area contributed by atoms with Crippen LogP contribution in [0.25, 0.3) is 0 Å². The summed E-state index contributed by atoms with van der Waals surface area (Å²) in [6, 6.07) is 0.496. The van der Waals surface area contributed by atoms with Crippen molar-refractivity contribution < 1.29 is 0 Å². The van der Waals surface area contributed by atoms with Crippen LogP contribution in [0.2, 0.25) is 0 Å². The molecule has 0 aliphatic carbocycles. The summed E-state index contributed by atoms with van der Waals surface area (Å²) >= 11 is 0. The van der Waals surface area contributed by atoms with Gasteiger partial charge in [-0.1, -0.05) is 13.8 Å². The lowest BCUT2D eigenvalue weighted by atomic mass is 10.2. The highest BCUT2D eigenvalue weighted by atomic mass is 15.3. The number of imidazole rings is 1. The third-order valence-electron chi connectivity index (χ3n) is 3.37. The molecule has 0 saturated carbocycles. The highest BCUT2D eigenvalue weighted by Crippen LogP contribution is 2.08. The maximum absolute atomic E-state index is 4.46. The van der Waals surface area contributed by atoms with Gasteiger partial charge in [0, 0.05) is 56.3 Å². The Morgan fingerprint density at radius 1 is 1.37 bits per heavy atom. The first-order chi connectivity index (χ1) is 9.08. The van der Waals surface area contributed by atoms with Gasteiger partial charge >= 0.3 is 0 Å². The Morgan fingerprint density at radius 2 is 2.16 bits per heavy atom. The highest BCUT2D eigenvalue weighted by Gasteiger charge is 2.07. The van der Waals surface area contributed by atoms with Crippen LogP contribution in [0, 0.1) is 6.92 Å². The second-order valence-electron chi connectivity index (χ2n) is 5.22. The van der Waals surface area contributed by atoms with E-state index in [1.807, 2.05) is 25.6 Å². The third-order valence-corrected chi connectivity index (χ3v) is 3.37. The zero-order chi connectivity index (χ0) is 13.8. The van der Waals surface area contributed by atoms with Gasteiger partial charge in [0.15, 0.2) is 0 Å². The predicted molar refractivity (Wildman–Crippen MR) is 75.9 cm³/mol. The monoisotopic (exact) mass is 261 g/mol. The maximum atomic E-state index is 4.46. The summed E-state index contributed by atoms with van der Waals surface area (Å²) in [5.41, 5.74) is 2.51. The van der Waals surface area contributed by atoms with Crippen LogP contribution in [-0.2, 0) is 26.6 Å². The van der Waals surface area contributed by atoms with Crippen LogP contribution in [0.15, 0.2) is 18.6 Å². The summed E-state index contributed by atoms with van der Waals surface area (Å²) in [5.74, 6) is 1.09. The number of hydrogen-bond donors (Lipinski definition) is 1. The fourth-order valence-corrected chi connectivity index (χ4v) is 2.04. The van der Waals surface area contributed by atoms with E-state index in [1.165, 1.54) is 11.3 Å². The molecule has 0 bridgehead atoms. The van der Waals surface area contributed by atoms with Crippen molar-refractivity contribution in [2.24, 2.45) is 7.05 Å². The van der Waals surface area contributed by atoms with Crippen LogP contribution < -0.4 is 5.32 Å². The van der Waals surface area contributed by atoms with E-state index in [0.717, 1.165) is 25.3 Å². The van der Waals surface area contributed by atoms with Gasteiger partial charge in [0.2, 0.25) is 0 Å². The van der Waals surface area contributed by atoms with E-state index in [4.69, 9.17) is 0 Å². The number of rotatable bonds is 6. The average Bonchev–Trinajstić information content (AvgIpc) is 2.91. The summed E-state index contributed by atoms with van der Waals surface area (Å²) in [6.07, 6.45) is 6.68. The minimum Gasteiger partial charge on any atom is -0.338 e. The first-order valence-electron chi connectivity index (χ1n) is 6.78. The topological polar surface area (TPSA) is 47.7 Å². The lowest BCUT2D eigenvalue weighted by molar-refractivity contribution is 0.567. The van der Waals surface area contributed by atoms with Crippen molar-refractivity contribution >= 4 is 0 Å². The Hall–Kier alpha value is -1.62. The number of nitrogens with one attached hydrogen (secondary N) is 1. The van der Waals surface area contributed by atoms with Crippen LogP contribution in [0.4, 0.5) is 0 Å². The molecule has 2 aromatic heterocycles. The zero-order valence-electron chi connectivity index (χ0n) is 12.2. The van der Waals surface area contributed by atoms with Crippen LogP contribution >= 0.6 is 0 Å². The maximum Gasteiger partial charge on any atom is 0.110 e. The zero-order valence-corrected chi connectivity index (χ0v) is 12.2. The van der Waals surface area contributed by atoms with Gasteiger partial charge in [-0.3, -0.25) is 4.68 Å². The van der Waals surface area contributed by atoms with Crippen LogP contribution in [-0.4, -0.2) is 25.4 Å². The van der Waals surface area contributed by atoms with Gasteiger partial charge in [-0.2, -0.15) is 5.10 Å². The van der Waals surface area contributed by atoms with Crippen molar-refractivity contribution in [2.45, 2.75) is 46.3 Å². The molecule has 0 aliphatic heterocycles. The Morgan fingerprint density at radius 3 is 2.79 bits per heavy atom. The smallest absolute Gasteiger partial charge is 0.110 e. The van der Waals surface area contributed by atoms with Crippen molar-refractivity contribution in [3.63, 3.8) is 0 Å². The molecular weight excluding hydrogens is 238 g/mol. The van der Waals surface area contributed by atoms with Gasteiger partial charge in [0.05, 0.1) is 6.20 Å². The molecule has 0 unspecified atom stereocenters. The van der Waals surface area contributed by atoms with Crippen LogP contribution in [0.1, 0.15) is 30.9 Å². The van der Waals surface area contributed by atoms with Gasteiger partial charge in [-0.25, -0.2) is 4.98 Å². The molecule has 0 fully saturated rings. The fourth-order valence-electron chi connectivity index (χ4n) is 2.04. The third kappa shape index (κ3) is 3.44. The van der Waals surface area contributed by atoms with Crippen molar-refractivity contribution in [3.05, 3.63) is 35.7 Å². The molecule has 0 spiro atoms. The van der Waals surface area contributed by atoms with Crippen molar-refractivity contribution in [2.75, 3.05) is 0 Å². The first kappa shape index (κ1) is 13.8. The van der Waals surface area contributed by atoms with Gasteiger partial charge in [0.1, 0.15) is 5.82 Å². The SMILES string of the molecule is Cc1c(CNC(C)C)cnn1CCc1nccn1C. The molecule has 2 heterocycles. The molecule has 5 nitrogen and oxygen atoms in total. The molecule has 0 aromatic carbocycles. The van der Waals surface area contributed by atoms with Crippen LogP contribution in [0.5, 0.6) is 0 Å². The minimum atomic E-state index is 0.496. The number of aryl methyl sites for hydroxylation is 3. The van der Waals surface area contributed by atoms with Gasteiger partial charge in [0.25, 0.3) is 0 Å². The van der Waals surface area contributed by atoms with E-state index in [1.54, 1.807) is 0 Å². The lowest BCUT2D eigenvalue weighted by Crippen LogP contribution is -2.22. The summed E-state index contributed by atoms with van der Waals surface area (Å²) in [5, 5.41) is 7.89. The Kier molecular flexibility index (Phi) is 4.37. The largest absolute Gasteiger partial charge is 0.338 e. The van der Waals surface area contributed by atoms with E-state index in [2.05, 4.69) is 45.4 Å². The molecule has 19 heavy (non-hydrogen) atoms. The molecule has 1 N–H and O–H groups in total. The minimum absolute atomic E-state index is 0.496. The number of aromatic nitrogens is 4. The summed E-state index contributed by atoms with van der Waals surface area (Å²) < 4.78 is 4.12.